The van der Waals surface area contributed by atoms with E-state index in [0.29, 0.717) is 24.1 Å². The first-order valence-electron chi connectivity index (χ1n) is 12.0. The molecule has 36 heavy (non-hydrogen) atoms. The second-order valence-corrected chi connectivity index (χ2v) is 9.29. The van der Waals surface area contributed by atoms with Crippen molar-refractivity contribution in [1.82, 2.24) is 9.47 Å². The number of rotatable bonds is 3. The Morgan fingerprint density at radius 2 is 1.69 bits per heavy atom. The summed E-state index contributed by atoms with van der Waals surface area (Å²) in [6.45, 7) is 4.58. The van der Waals surface area contributed by atoms with Crippen LogP contribution in [0.25, 0.3) is 27.6 Å². The van der Waals surface area contributed by atoms with Gasteiger partial charge < -0.3 is 9.64 Å². The Labute approximate surface area is 208 Å². The minimum absolute atomic E-state index is 0.0749. The van der Waals surface area contributed by atoms with Crippen LogP contribution in [0, 0.1) is 18.3 Å². The molecule has 2 fully saturated rings. The lowest BCUT2D eigenvalue weighted by atomic mass is 9.96. The third-order valence-corrected chi connectivity index (χ3v) is 7.17. The third-order valence-electron chi connectivity index (χ3n) is 7.17. The molecule has 3 aromatic carbocycles. The van der Waals surface area contributed by atoms with E-state index in [1.165, 1.54) is 0 Å². The van der Waals surface area contributed by atoms with Gasteiger partial charge in [-0.1, -0.05) is 24.3 Å². The average molecular weight is 477 g/mol. The number of piperazine rings is 1. The summed E-state index contributed by atoms with van der Waals surface area (Å²) in [5.41, 5.74) is 5.33. The van der Waals surface area contributed by atoms with Gasteiger partial charge in [0.05, 0.1) is 17.7 Å². The molecule has 2 saturated heterocycles. The van der Waals surface area contributed by atoms with Crippen LogP contribution >= 0.6 is 0 Å². The molecule has 2 aliphatic heterocycles. The van der Waals surface area contributed by atoms with Gasteiger partial charge in [0.15, 0.2) is 0 Å². The highest BCUT2D eigenvalue weighted by Crippen LogP contribution is 2.31. The number of nitrogens with zero attached hydrogens (tertiary/aromatic N) is 4. The lowest BCUT2D eigenvalue weighted by Crippen LogP contribution is -2.52. The predicted molar refractivity (Wildman–Crippen MR) is 138 cm³/mol. The van der Waals surface area contributed by atoms with E-state index >= 15 is 0 Å². The van der Waals surface area contributed by atoms with E-state index in [1.54, 1.807) is 21.6 Å². The monoisotopic (exact) mass is 476 g/mol. The van der Waals surface area contributed by atoms with Crippen molar-refractivity contribution in [2.45, 2.75) is 13.0 Å². The van der Waals surface area contributed by atoms with E-state index in [0.717, 1.165) is 46.5 Å². The molecule has 6 rings (SSSR count). The van der Waals surface area contributed by atoms with Gasteiger partial charge in [-0.05, 0) is 71.5 Å². The Morgan fingerprint density at radius 3 is 2.44 bits per heavy atom. The maximum absolute atomic E-state index is 13.6. The smallest absolute Gasteiger partial charge is 0.410 e. The first kappa shape index (κ1) is 21.9. The summed E-state index contributed by atoms with van der Waals surface area (Å²) in [5, 5.41) is 10.7. The lowest BCUT2D eigenvalue weighted by molar-refractivity contribution is 0.157. The number of carbonyl (C=O) groups excluding carboxylic acids is 1. The second-order valence-electron chi connectivity index (χ2n) is 9.29. The van der Waals surface area contributed by atoms with E-state index in [-0.39, 0.29) is 17.7 Å². The normalized spacial score (nSPS) is 17.1. The minimum Gasteiger partial charge on any atom is -0.447 e. The number of aryl methyl sites for hydroxylation is 1. The Morgan fingerprint density at radius 1 is 0.944 bits per heavy atom. The van der Waals surface area contributed by atoms with Gasteiger partial charge in [0.1, 0.15) is 6.61 Å². The van der Waals surface area contributed by atoms with Crippen molar-refractivity contribution in [2.75, 3.05) is 31.1 Å². The Kier molecular flexibility index (Phi) is 5.23. The SMILES string of the molecule is Cc1cn(-c2ccc(N3CCN4C(=O)OCC4C3)cc2)c(=O)c2cccc(-c3ccc(C#N)cc3)c12. The zero-order valence-corrected chi connectivity index (χ0v) is 19.8. The van der Waals surface area contributed by atoms with Gasteiger partial charge in [0, 0.05) is 42.6 Å². The maximum atomic E-state index is 13.6. The fourth-order valence-corrected chi connectivity index (χ4v) is 5.31. The number of nitriles is 1. The number of aromatic nitrogens is 1. The number of ether oxygens (including phenoxy) is 1. The van der Waals surface area contributed by atoms with Gasteiger partial charge in [-0.25, -0.2) is 4.79 Å². The van der Waals surface area contributed by atoms with Crippen molar-refractivity contribution in [3.05, 3.63) is 94.4 Å². The number of anilines is 1. The molecule has 0 N–H and O–H groups in total. The molecule has 4 aromatic rings. The molecule has 178 valence electrons. The molecule has 1 amide bonds. The summed E-state index contributed by atoms with van der Waals surface area (Å²) in [7, 11) is 0. The number of benzene rings is 3. The molecule has 1 unspecified atom stereocenters. The Hall–Kier alpha value is -4.57. The largest absolute Gasteiger partial charge is 0.447 e. The summed E-state index contributed by atoms with van der Waals surface area (Å²) in [4.78, 5) is 29.4. The molecule has 0 spiro atoms. The predicted octanol–water partition coefficient (Wildman–Crippen LogP) is 4.48. The highest BCUT2D eigenvalue weighted by atomic mass is 16.6. The maximum Gasteiger partial charge on any atom is 0.410 e. The van der Waals surface area contributed by atoms with Crippen LogP contribution in [0.5, 0.6) is 0 Å². The van der Waals surface area contributed by atoms with Crippen molar-refractivity contribution in [1.29, 1.82) is 5.26 Å². The number of pyridine rings is 1. The fourth-order valence-electron chi connectivity index (χ4n) is 5.31. The Bertz CT molecular complexity index is 1580. The van der Waals surface area contributed by atoms with Crippen LogP contribution in [0.4, 0.5) is 10.5 Å². The van der Waals surface area contributed by atoms with Gasteiger partial charge >= 0.3 is 6.09 Å². The van der Waals surface area contributed by atoms with Crippen LogP contribution in [0.15, 0.2) is 77.7 Å². The highest BCUT2D eigenvalue weighted by Gasteiger charge is 2.37. The minimum atomic E-state index is -0.219. The zero-order valence-electron chi connectivity index (χ0n) is 19.8. The van der Waals surface area contributed by atoms with Crippen LogP contribution in [-0.2, 0) is 4.74 Å². The molecule has 7 nitrogen and oxygen atoms in total. The van der Waals surface area contributed by atoms with E-state index in [1.807, 2.05) is 67.7 Å². The van der Waals surface area contributed by atoms with Gasteiger partial charge in [-0.3, -0.25) is 14.3 Å². The first-order valence-corrected chi connectivity index (χ1v) is 12.0. The summed E-state index contributed by atoms with van der Waals surface area (Å²) in [6.07, 6.45) is 1.68. The van der Waals surface area contributed by atoms with Gasteiger partial charge in [-0.15, -0.1) is 0 Å². The summed E-state index contributed by atoms with van der Waals surface area (Å²) >= 11 is 0. The number of cyclic esters (lactones) is 1. The molecule has 7 heteroatoms. The molecule has 1 aromatic heterocycles. The van der Waals surface area contributed by atoms with Crippen molar-refractivity contribution < 1.29 is 9.53 Å². The van der Waals surface area contributed by atoms with Crippen LogP contribution in [0.2, 0.25) is 0 Å². The Balaban J connectivity index is 1.34. The van der Waals surface area contributed by atoms with E-state index in [2.05, 4.69) is 11.0 Å². The molecular weight excluding hydrogens is 452 g/mol. The number of carbonyl (C=O) groups is 1. The van der Waals surface area contributed by atoms with E-state index in [4.69, 9.17) is 10.00 Å². The van der Waals surface area contributed by atoms with Crippen LogP contribution < -0.4 is 10.5 Å². The van der Waals surface area contributed by atoms with Crippen molar-refractivity contribution in [3.63, 3.8) is 0 Å². The number of fused-ring (bicyclic) bond motifs is 2. The summed E-state index contributed by atoms with van der Waals surface area (Å²) in [6, 6.07) is 23.4. The van der Waals surface area contributed by atoms with Gasteiger partial charge in [0.2, 0.25) is 0 Å². The molecule has 0 saturated carbocycles. The molecule has 0 aliphatic carbocycles. The van der Waals surface area contributed by atoms with Crippen molar-refractivity contribution in [3.8, 4) is 22.9 Å². The van der Waals surface area contributed by atoms with Crippen molar-refractivity contribution in [2.24, 2.45) is 0 Å². The van der Waals surface area contributed by atoms with Crippen molar-refractivity contribution >= 4 is 22.6 Å². The zero-order chi connectivity index (χ0) is 24.8. The van der Waals surface area contributed by atoms with Crippen LogP contribution in [-0.4, -0.2) is 47.8 Å². The van der Waals surface area contributed by atoms with Gasteiger partial charge in [0.25, 0.3) is 5.56 Å². The quantitative estimate of drug-likeness (QED) is 0.436. The third kappa shape index (κ3) is 3.59. The topological polar surface area (TPSA) is 78.6 Å². The van der Waals surface area contributed by atoms with E-state index in [9.17, 15) is 9.59 Å². The average Bonchev–Trinajstić information content (AvgIpc) is 3.30. The number of hydrogen-bond acceptors (Lipinski definition) is 5. The molecule has 1 atom stereocenters. The van der Waals surface area contributed by atoms with Crippen LogP contribution in [0.3, 0.4) is 0 Å². The fraction of sp³-hybridized carbons (Fsp3) is 0.207. The molecule has 2 aliphatic rings. The number of hydrogen-bond donors (Lipinski definition) is 0. The summed E-state index contributed by atoms with van der Waals surface area (Å²) < 4.78 is 6.88. The standard InChI is InChI=1S/C29H24N4O3/c1-19-16-33(23-11-9-22(10-12-23)31-13-14-32-24(17-31)18-36-29(32)35)28(34)26-4-2-3-25(27(19)26)21-7-5-20(15-30)6-8-21/h2-12,16,24H,13-14,17-18H2,1H3. The van der Waals surface area contributed by atoms with E-state index < -0.39 is 0 Å². The van der Waals surface area contributed by atoms with Crippen LogP contribution in [0.1, 0.15) is 11.1 Å². The van der Waals surface area contributed by atoms with Gasteiger partial charge in [-0.2, -0.15) is 5.26 Å². The number of amides is 1. The summed E-state index contributed by atoms with van der Waals surface area (Å²) in [5.74, 6) is 0. The highest BCUT2D eigenvalue weighted by molar-refractivity contribution is 5.98. The molecule has 3 heterocycles. The second kappa shape index (κ2) is 8.58. The molecule has 0 bridgehead atoms. The lowest BCUT2D eigenvalue weighted by Gasteiger charge is -2.36. The molecule has 0 radical (unpaired) electrons. The first-order chi connectivity index (χ1) is 17.5. The molecular formula is C29H24N4O3.